The van der Waals surface area contributed by atoms with E-state index in [0.717, 1.165) is 17.5 Å². The van der Waals surface area contributed by atoms with Gasteiger partial charge in [-0.05, 0) is 24.8 Å². The number of nitrogens with zero attached hydrogens (tertiary/aromatic N) is 2. The molecule has 1 fully saturated rings. The van der Waals surface area contributed by atoms with Crippen LogP contribution in [0.25, 0.3) is 0 Å². The van der Waals surface area contributed by atoms with Gasteiger partial charge in [0.15, 0.2) is 0 Å². The van der Waals surface area contributed by atoms with E-state index in [-0.39, 0.29) is 29.6 Å². The number of hydrogen-bond donors (Lipinski definition) is 2. The summed E-state index contributed by atoms with van der Waals surface area (Å²) >= 11 is 0. The van der Waals surface area contributed by atoms with Gasteiger partial charge in [0.05, 0.1) is 6.42 Å². The minimum Gasteiger partial charge on any atom is -0.481 e. The highest BCUT2D eigenvalue weighted by Gasteiger charge is 2.34. The minimum absolute atomic E-state index is 0.0951. The Morgan fingerprint density at radius 1 is 1.53 bits per heavy atom. The van der Waals surface area contributed by atoms with Crippen LogP contribution in [0.1, 0.15) is 29.8 Å². The lowest BCUT2D eigenvalue weighted by molar-refractivity contribution is -0.137. The summed E-state index contributed by atoms with van der Waals surface area (Å²) in [5.74, 6) is -1.16. The zero-order chi connectivity index (χ0) is 14.0. The highest BCUT2D eigenvalue weighted by Crippen LogP contribution is 2.34. The number of aryl methyl sites for hydroxylation is 1. The van der Waals surface area contributed by atoms with Gasteiger partial charge in [-0.3, -0.25) is 14.4 Å². The molecule has 0 aromatic carbocycles. The molecule has 1 aliphatic carbocycles. The van der Waals surface area contributed by atoms with Crippen LogP contribution >= 0.6 is 0 Å². The van der Waals surface area contributed by atoms with E-state index in [1.165, 1.54) is 19.2 Å². The fourth-order valence-electron chi connectivity index (χ4n) is 1.89. The summed E-state index contributed by atoms with van der Waals surface area (Å²) in [4.78, 5) is 33.9. The van der Waals surface area contributed by atoms with Crippen molar-refractivity contribution in [1.29, 1.82) is 0 Å². The van der Waals surface area contributed by atoms with Gasteiger partial charge in [-0.15, -0.1) is 0 Å². The molecule has 0 spiro atoms. The molecule has 1 unspecified atom stereocenters. The molecule has 1 aromatic rings. The third-order valence-electron chi connectivity index (χ3n) is 3.10. The number of hydrogen-bond acceptors (Lipinski definition) is 4. The minimum atomic E-state index is -0.939. The van der Waals surface area contributed by atoms with Crippen molar-refractivity contribution >= 4 is 11.9 Å². The van der Waals surface area contributed by atoms with Crippen molar-refractivity contribution in [3.8, 4) is 0 Å². The van der Waals surface area contributed by atoms with Crippen molar-refractivity contribution < 1.29 is 14.7 Å². The molecule has 19 heavy (non-hydrogen) atoms. The molecule has 102 valence electrons. The zero-order valence-corrected chi connectivity index (χ0v) is 10.5. The van der Waals surface area contributed by atoms with E-state index in [4.69, 9.17) is 5.11 Å². The van der Waals surface area contributed by atoms with E-state index < -0.39 is 11.9 Å². The van der Waals surface area contributed by atoms with E-state index in [1.54, 1.807) is 0 Å². The lowest BCUT2D eigenvalue weighted by Crippen LogP contribution is -2.39. The molecule has 0 bridgehead atoms. The molecule has 0 saturated heterocycles. The Bertz CT molecular complexity index is 562. The normalized spacial score (nSPS) is 15.8. The standard InChI is InChI=1S/C12H15N3O4/c1-15-10(16)5-4-8(14-15)12(19)13-9(6-11(17)18)7-2-3-7/h4-5,7,9H,2-3,6H2,1H3,(H,13,19)(H,17,18). The molecular weight excluding hydrogens is 250 g/mol. The summed E-state index contributed by atoms with van der Waals surface area (Å²) in [6.45, 7) is 0. The number of aliphatic carboxylic acids is 1. The molecule has 0 aliphatic heterocycles. The number of aromatic nitrogens is 2. The van der Waals surface area contributed by atoms with Crippen molar-refractivity contribution in [3.05, 3.63) is 28.2 Å². The molecule has 1 aromatic heterocycles. The predicted octanol–water partition coefficient (Wildman–Crippen LogP) is -0.237. The van der Waals surface area contributed by atoms with E-state index in [2.05, 4.69) is 10.4 Å². The number of carbonyl (C=O) groups is 2. The summed E-state index contributed by atoms with van der Waals surface area (Å²) < 4.78 is 1.07. The lowest BCUT2D eigenvalue weighted by atomic mass is 10.1. The van der Waals surface area contributed by atoms with Gasteiger partial charge in [-0.25, -0.2) is 4.68 Å². The first-order valence-electron chi connectivity index (χ1n) is 6.04. The molecule has 7 nitrogen and oxygen atoms in total. The maximum absolute atomic E-state index is 12.0. The second-order valence-corrected chi connectivity index (χ2v) is 4.70. The first-order chi connectivity index (χ1) is 8.97. The van der Waals surface area contributed by atoms with Gasteiger partial charge in [0.2, 0.25) is 0 Å². The molecule has 0 radical (unpaired) electrons. The number of carboxylic acids is 1. The molecule has 7 heteroatoms. The average molecular weight is 265 g/mol. The number of carbonyl (C=O) groups excluding carboxylic acids is 1. The van der Waals surface area contributed by atoms with Crippen LogP contribution in [0.2, 0.25) is 0 Å². The summed E-state index contributed by atoms with van der Waals surface area (Å²) in [5, 5.41) is 15.3. The van der Waals surface area contributed by atoms with Crippen molar-refractivity contribution in [1.82, 2.24) is 15.1 Å². The molecule has 1 atom stereocenters. The van der Waals surface area contributed by atoms with Crippen LogP contribution in [0.15, 0.2) is 16.9 Å². The van der Waals surface area contributed by atoms with E-state index in [0.29, 0.717) is 0 Å². The highest BCUT2D eigenvalue weighted by atomic mass is 16.4. The second-order valence-electron chi connectivity index (χ2n) is 4.70. The largest absolute Gasteiger partial charge is 0.481 e. The van der Waals surface area contributed by atoms with Crippen LogP contribution in [-0.4, -0.2) is 32.8 Å². The molecule has 2 rings (SSSR count). The summed E-state index contributed by atoms with van der Waals surface area (Å²) in [6.07, 6.45) is 1.76. The van der Waals surface area contributed by atoms with Crippen LogP contribution in [0, 0.1) is 5.92 Å². The Hall–Kier alpha value is -2.18. The first-order valence-corrected chi connectivity index (χ1v) is 6.04. The maximum Gasteiger partial charge on any atom is 0.305 e. The van der Waals surface area contributed by atoms with Crippen LogP contribution in [0.3, 0.4) is 0 Å². The Morgan fingerprint density at radius 2 is 2.21 bits per heavy atom. The van der Waals surface area contributed by atoms with Crippen LogP contribution in [0.5, 0.6) is 0 Å². The Labute approximate surface area is 109 Å². The molecule has 1 amide bonds. The quantitative estimate of drug-likeness (QED) is 0.765. The highest BCUT2D eigenvalue weighted by molar-refractivity contribution is 5.92. The van der Waals surface area contributed by atoms with E-state index in [1.807, 2.05) is 0 Å². The Morgan fingerprint density at radius 3 is 2.74 bits per heavy atom. The molecule has 1 heterocycles. The van der Waals surface area contributed by atoms with Crippen LogP contribution < -0.4 is 10.9 Å². The Kier molecular flexibility index (Phi) is 3.64. The molecule has 1 aliphatic rings. The predicted molar refractivity (Wildman–Crippen MR) is 65.7 cm³/mol. The van der Waals surface area contributed by atoms with Gasteiger partial charge >= 0.3 is 5.97 Å². The summed E-state index contributed by atoms with van der Waals surface area (Å²) in [7, 11) is 1.45. The van der Waals surface area contributed by atoms with Crippen molar-refractivity contribution in [2.24, 2.45) is 13.0 Å². The third-order valence-corrected chi connectivity index (χ3v) is 3.10. The van der Waals surface area contributed by atoms with Crippen molar-refractivity contribution in [2.45, 2.75) is 25.3 Å². The fraction of sp³-hybridized carbons (Fsp3) is 0.500. The van der Waals surface area contributed by atoms with Gasteiger partial charge in [-0.1, -0.05) is 0 Å². The zero-order valence-electron chi connectivity index (χ0n) is 10.5. The first kappa shape index (κ1) is 13.3. The van der Waals surface area contributed by atoms with E-state index in [9.17, 15) is 14.4 Å². The average Bonchev–Trinajstić information content (AvgIpc) is 3.15. The van der Waals surface area contributed by atoms with Gasteiger partial charge in [0.25, 0.3) is 11.5 Å². The number of rotatable bonds is 5. The summed E-state index contributed by atoms with van der Waals surface area (Å²) in [5.41, 5.74) is -0.195. The SMILES string of the molecule is Cn1nc(C(=O)NC(CC(=O)O)C2CC2)ccc1=O. The lowest BCUT2D eigenvalue weighted by Gasteiger charge is -2.15. The smallest absolute Gasteiger partial charge is 0.305 e. The van der Waals surface area contributed by atoms with Crippen LogP contribution in [-0.2, 0) is 11.8 Å². The van der Waals surface area contributed by atoms with Crippen LogP contribution in [0.4, 0.5) is 0 Å². The maximum atomic E-state index is 12.0. The summed E-state index contributed by atoms with van der Waals surface area (Å²) in [6, 6.07) is 2.22. The van der Waals surface area contributed by atoms with Gasteiger partial charge in [0.1, 0.15) is 5.69 Å². The fourth-order valence-corrected chi connectivity index (χ4v) is 1.89. The number of nitrogens with one attached hydrogen (secondary N) is 1. The second kappa shape index (κ2) is 5.21. The van der Waals surface area contributed by atoms with Gasteiger partial charge < -0.3 is 10.4 Å². The third kappa shape index (κ3) is 3.40. The van der Waals surface area contributed by atoms with Crippen molar-refractivity contribution in [2.75, 3.05) is 0 Å². The van der Waals surface area contributed by atoms with E-state index >= 15 is 0 Å². The van der Waals surface area contributed by atoms with Gasteiger partial charge in [-0.2, -0.15) is 5.10 Å². The Balaban J connectivity index is 2.07. The van der Waals surface area contributed by atoms with Crippen molar-refractivity contribution in [3.63, 3.8) is 0 Å². The monoisotopic (exact) mass is 265 g/mol. The number of amides is 1. The van der Waals surface area contributed by atoms with Gasteiger partial charge in [0, 0.05) is 19.2 Å². The number of carboxylic acid groups (broad SMARTS) is 1. The topological polar surface area (TPSA) is 101 Å². The molecule has 2 N–H and O–H groups in total. The molecular formula is C12H15N3O4. The molecule has 1 saturated carbocycles.